The predicted molar refractivity (Wildman–Crippen MR) is 581 cm³/mol. The Hall–Kier alpha value is -14.0. The zero-order valence-electron chi connectivity index (χ0n) is 82.1. The third-order valence-electron chi connectivity index (χ3n) is 39.0. The van der Waals surface area contributed by atoms with E-state index in [1.165, 1.54) is 158 Å². The van der Waals surface area contributed by atoms with Gasteiger partial charge in [-0.25, -0.2) is 0 Å². The van der Waals surface area contributed by atoms with Gasteiger partial charge in [0.1, 0.15) is 0 Å². The van der Waals surface area contributed by atoms with Crippen molar-refractivity contribution < 1.29 is 4.92 Å². The van der Waals surface area contributed by atoms with Crippen molar-refractivity contribution in [3.05, 3.63) is 550 Å². The van der Waals surface area contributed by atoms with Crippen LogP contribution in [0.2, 0.25) is 0 Å². The lowest BCUT2D eigenvalue weighted by molar-refractivity contribution is -0.591. The van der Waals surface area contributed by atoms with Gasteiger partial charge in [-0.2, -0.15) is 5.26 Å². The average molecular weight is 1860 g/mol. The summed E-state index contributed by atoms with van der Waals surface area (Å²) in [6, 6.07) is 178. The normalized spacial score (nSPS) is 32.6. The van der Waals surface area contributed by atoms with Crippen molar-refractivity contribution >= 4 is 33.2 Å². The van der Waals surface area contributed by atoms with Gasteiger partial charge in [0.25, 0.3) is 0 Å². The molecular formula is C137H126N4O2. The summed E-state index contributed by atoms with van der Waals surface area (Å²) >= 11 is 0. The molecule has 0 spiro atoms. The molecule has 16 fully saturated rings. The number of para-hydroxylation sites is 4. The van der Waals surface area contributed by atoms with Crippen molar-refractivity contribution in [2.45, 2.75) is 236 Å². The van der Waals surface area contributed by atoms with Crippen LogP contribution in [0.3, 0.4) is 0 Å². The molecule has 1 aromatic heterocycles. The van der Waals surface area contributed by atoms with E-state index in [9.17, 15) is 15.4 Å². The maximum Gasteiger partial charge on any atom is 0.224 e. The maximum atomic E-state index is 12.8. The van der Waals surface area contributed by atoms with Gasteiger partial charge in [0.05, 0.1) is 11.5 Å². The Bertz CT molecular complexity index is 6890. The summed E-state index contributed by atoms with van der Waals surface area (Å²) in [6.45, 7) is 0. The van der Waals surface area contributed by atoms with E-state index in [1.807, 2.05) is 18.2 Å². The highest BCUT2D eigenvalue weighted by molar-refractivity contribution is 6.08. The number of rotatable bonds is 17. The number of hydrogen-bond acceptors (Lipinski definition) is 4. The van der Waals surface area contributed by atoms with Gasteiger partial charge >= 0.3 is 0 Å². The molecule has 16 bridgehead atoms. The van der Waals surface area contributed by atoms with Crippen LogP contribution in [0.25, 0.3) is 21.8 Å². The zero-order chi connectivity index (χ0) is 96.0. The molecule has 0 N–H and O–H groups in total. The van der Waals surface area contributed by atoms with Crippen LogP contribution < -0.4 is 4.90 Å². The summed E-state index contributed by atoms with van der Waals surface area (Å²) in [4.78, 5) is 15.6. The smallest absolute Gasteiger partial charge is 0.224 e. The second kappa shape index (κ2) is 33.6. The molecule has 0 saturated heterocycles. The van der Waals surface area contributed by atoms with Gasteiger partial charge in [-0.15, -0.1) is 0 Å². The predicted octanol–water partition coefficient (Wildman–Crippen LogP) is 32.3. The van der Waals surface area contributed by atoms with Crippen molar-refractivity contribution in [3.8, 4) is 6.07 Å². The lowest BCUT2D eigenvalue weighted by Gasteiger charge is -2.73. The van der Waals surface area contributed by atoms with Crippen LogP contribution in [-0.4, -0.2) is 20.6 Å². The lowest BCUT2D eigenvalue weighted by atomic mass is 9.33. The van der Waals surface area contributed by atoms with E-state index in [0.717, 1.165) is 77.0 Å². The van der Waals surface area contributed by atoms with Crippen LogP contribution in [0.5, 0.6) is 0 Å². The number of hydrogen-bond donors (Lipinski definition) is 0. The molecule has 17 aromatic rings. The number of aromatic nitrogens is 1. The van der Waals surface area contributed by atoms with Gasteiger partial charge in [-0.3, -0.25) is 10.1 Å². The first kappa shape index (κ1) is 89.1. The van der Waals surface area contributed by atoms with Crippen molar-refractivity contribution in [3.63, 3.8) is 0 Å². The quantitative estimate of drug-likeness (QED) is 0.0672. The molecule has 33 rings (SSSR count). The summed E-state index contributed by atoms with van der Waals surface area (Å²) < 4.78 is 2.84. The number of nitriles is 1. The van der Waals surface area contributed by atoms with Crippen molar-refractivity contribution in [1.29, 1.82) is 5.26 Å². The number of fused-ring (bicyclic) bond motifs is 3. The van der Waals surface area contributed by atoms with Crippen LogP contribution in [0.1, 0.15) is 221 Å². The number of benzene rings is 16. The molecule has 16 saturated carbocycles. The summed E-state index contributed by atoms with van der Waals surface area (Å²) in [5.74, 6) is 0. The molecule has 706 valence electrons. The first-order valence-electron chi connectivity index (χ1n) is 53.0. The largest absolute Gasteiger partial charge is 0.335 e. The lowest BCUT2D eigenvalue weighted by Crippen LogP contribution is -2.72. The van der Waals surface area contributed by atoms with Crippen LogP contribution in [0.4, 0.5) is 11.4 Å². The first-order valence-corrected chi connectivity index (χ1v) is 53.0. The first-order chi connectivity index (χ1) is 69.9. The number of anilines is 2. The van der Waals surface area contributed by atoms with E-state index in [-0.39, 0.29) is 86.4 Å². The Morgan fingerprint density at radius 2 is 0.378 bits per heavy atom. The number of nitro groups is 1. The Morgan fingerprint density at radius 3 is 0.573 bits per heavy atom. The molecule has 143 heavy (non-hydrogen) atoms. The third kappa shape index (κ3) is 14.3. The fourth-order valence-electron chi connectivity index (χ4n) is 36.6. The standard InChI is InChI=1S/C40H35N.C40H37N.C29H27N.C28H27NO2/c1-4-14-30(15-5-1)37-24-38(31-16-6-2-7-17-31)26-39(25-37,32-18-8-3-9-19-32)29-40(27-37,28-38)41-35-22-12-10-20-33(35)34-21-11-13-23-36(34)41;1-6-16-32(17-7-1)37-26-38(33-18-8-2-9-19-33)28-39(27-37,34-20-10-3-11-21-34)31-40(29-37,30-38)41(35-22-12-4-13-23-35)36-24-14-5-15-25-36;30-22-26-16-27(23-10-4-1-5-11-23)19-28(17-26,24-12-6-2-7-13-24)21-29(18-26,20-27)25-14-8-3-9-15-25;30-29(31)28-19-25(22-10-4-1-5-11-22)16-26(20-28,23-12-6-2-7-13-23)18-27(17-25,21-28)24-14-8-3-9-15-24/h1-23H,24-29H2;1-25H,26-31H2;1-15H,16-21H2;1-15H,16-21H2. The molecule has 6 heteroatoms. The molecular weight excluding hydrogens is 1730 g/mol. The maximum absolute atomic E-state index is 12.8. The van der Waals surface area contributed by atoms with Gasteiger partial charge in [0.2, 0.25) is 5.54 Å². The van der Waals surface area contributed by atoms with E-state index < -0.39 is 5.54 Å². The van der Waals surface area contributed by atoms with Crippen LogP contribution in [0, 0.1) is 26.9 Å². The van der Waals surface area contributed by atoms with E-state index in [2.05, 4.69) is 471 Å². The van der Waals surface area contributed by atoms with Gasteiger partial charge in [-0.05, 0) is 287 Å². The van der Waals surface area contributed by atoms with Gasteiger partial charge in [0.15, 0.2) is 0 Å². The molecule has 0 aliphatic heterocycles. The van der Waals surface area contributed by atoms with Crippen molar-refractivity contribution in [2.75, 3.05) is 4.90 Å². The highest BCUT2D eigenvalue weighted by atomic mass is 16.6. The number of nitrogens with zero attached hydrogens (tertiary/aromatic N) is 4. The van der Waals surface area contributed by atoms with Gasteiger partial charge < -0.3 is 9.47 Å². The van der Waals surface area contributed by atoms with Crippen LogP contribution in [0.15, 0.2) is 473 Å². The molecule has 6 nitrogen and oxygen atoms in total. The minimum atomic E-state index is -0.879. The molecule has 0 amide bonds. The Morgan fingerprint density at radius 1 is 0.210 bits per heavy atom. The zero-order valence-corrected chi connectivity index (χ0v) is 82.1. The van der Waals surface area contributed by atoms with Gasteiger partial charge in [0, 0.05) is 84.7 Å². The topological polar surface area (TPSA) is 75.1 Å². The minimum absolute atomic E-state index is 0.00101. The molecule has 16 aromatic carbocycles. The van der Waals surface area contributed by atoms with E-state index in [1.54, 1.807) is 0 Å². The van der Waals surface area contributed by atoms with Crippen LogP contribution in [-0.2, 0) is 70.5 Å². The summed E-state index contributed by atoms with van der Waals surface area (Å²) in [7, 11) is 0. The average Bonchev–Trinajstić information content (AvgIpc) is 1.60. The molecule has 1 heterocycles. The summed E-state index contributed by atoms with van der Waals surface area (Å²) in [6.07, 6.45) is 25.8. The van der Waals surface area contributed by atoms with E-state index >= 15 is 0 Å². The fourth-order valence-corrected chi connectivity index (χ4v) is 36.6. The second-order valence-corrected chi connectivity index (χ2v) is 47.7. The van der Waals surface area contributed by atoms with Crippen molar-refractivity contribution in [1.82, 2.24) is 4.57 Å². The summed E-state index contributed by atoms with van der Waals surface area (Å²) in [5.41, 5.74) is 21.8. The molecule has 0 unspecified atom stereocenters. The Labute approximate surface area is 844 Å². The molecule has 0 atom stereocenters. The molecule has 16 aliphatic carbocycles. The van der Waals surface area contributed by atoms with Gasteiger partial charge in [-0.1, -0.05) is 437 Å². The monoisotopic (exact) mass is 1860 g/mol. The highest BCUT2D eigenvalue weighted by Gasteiger charge is 2.77. The van der Waals surface area contributed by atoms with E-state index in [4.69, 9.17) is 0 Å². The van der Waals surface area contributed by atoms with Crippen LogP contribution >= 0.6 is 0 Å². The Balaban J connectivity index is 0.0000000984. The molecule has 0 radical (unpaired) electrons. The van der Waals surface area contributed by atoms with E-state index in [0.29, 0.717) is 19.3 Å². The second-order valence-electron chi connectivity index (χ2n) is 47.7. The highest BCUT2D eigenvalue weighted by Crippen LogP contribution is 2.79. The molecule has 16 aliphatic rings. The van der Waals surface area contributed by atoms with Crippen molar-refractivity contribution in [2.24, 2.45) is 5.41 Å². The SMILES string of the molecule is N#CC12CC3(c4ccccc4)CC(c4ccccc4)(C1)CC(c1ccccc1)(C2)C3.O=[N+]([O-])C12CC3(c4ccccc4)CC(c4ccccc4)(CC(c4ccccc4)(C3)C1)C2.c1ccc(C23CC4(c5ccccc5)CC(c5ccccc5)(C2)CC(n2c5ccccc5c5ccccc52)(C3)C4)cc1.c1ccc(N(c2ccccc2)C23CC4(c5ccccc5)CC(c5ccccc5)(CC(c5ccccc5)(C4)C2)C3)cc1. The third-order valence-corrected chi connectivity index (χ3v) is 39.0. The fraction of sp³-hybridized carbons (Fsp3) is 0.292. The summed E-state index contributed by atoms with van der Waals surface area (Å²) in [5, 5.41) is 26.1. The minimum Gasteiger partial charge on any atom is -0.335 e. The Kier molecular flexibility index (Phi) is 20.9.